The Hall–Kier alpha value is -1.39. The summed E-state index contributed by atoms with van der Waals surface area (Å²) in [6.07, 6.45) is 4.71. The average Bonchev–Trinajstić information content (AvgIpc) is 2.67. The van der Waals surface area contributed by atoms with Crippen LogP contribution in [0.15, 0.2) is 41.0 Å². The molecule has 1 heterocycles. The lowest BCUT2D eigenvalue weighted by Crippen LogP contribution is -1.96. The normalized spacial score (nSPS) is 11.1. The molecule has 5 heteroatoms. The van der Waals surface area contributed by atoms with Gasteiger partial charge in [-0.2, -0.15) is 5.10 Å². The summed E-state index contributed by atoms with van der Waals surface area (Å²) in [5.41, 5.74) is 1.34. The van der Waals surface area contributed by atoms with Crippen molar-refractivity contribution in [3.63, 3.8) is 0 Å². The Balaban J connectivity index is 2.19. The van der Waals surface area contributed by atoms with Crippen LogP contribution in [-0.4, -0.2) is 15.6 Å². The van der Waals surface area contributed by atoms with Crippen LogP contribution in [0, 0.1) is 0 Å². The van der Waals surface area contributed by atoms with E-state index in [9.17, 15) is 4.79 Å². The topological polar surface area (TPSA) is 34.9 Å². The lowest BCUT2D eigenvalue weighted by molar-refractivity contribution is 0.104. The fraction of sp³-hybridized carbons (Fsp3) is 0.0769. The molecule has 0 spiro atoms. The highest BCUT2D eigenvalue weighted by Crippen LogP contribution is 2.16. The Morgan fingerprint density at radius 1 is 1.39 bits per heavy atom. The predicted octanol–water partition coefficient (Wildman–Crippen LogP) is 3.73. The molecule has 0 amide bonds. The minimum Gasteiger partial charge on any atom is -0.289 e. The van der Waals surface area contributed by atoms with Crippen molar-refractivity contribution in [2.24, 2.45) is 7.05 Å². The fourth-order valence-corrected chi connectivity index (χ4v) is 1.97. The lowest BCUT2D eigenvalue weighted by Gasteiger charge is -1.97. The summed E-state index contributed by atoms with van der Waals surface area (Å²) in [6.45, 7) is 0. The number of benzene rings is 1. The van der Waals surface area contributed by atoms with Crippen LogP contribution in [-0.2, 0) is 7.05 Å². The van der Waals surface area contributed by atoms with Gasteiger partial charge >= 0.3 is 0 Å². The number of carbonyl (C=O) groups excluding carboxylic acids is 1. The number of rotatable bonds is 3. The minimum absolute atomic E-state index is 0.0697. The molecule has 2 rings (SSSR count). The molecule has 0 unspecified atom stereocenters. The largest absolute Gasteiger partial charge is 0.289 e. The van der Waals surface area contributed by atoms with E-state index in [0.29, 0.717) is 16.3 Å². The Morgan fingerprint density at radius 3 is 2.61 bits per heavy atom. The van der Waals surface area contributed by atoms with E-state index in [4.69, 9.17) is 11.6 Å². The van der Waals surface area contributed by atoms with Gasteiger partial charge in [-0.3, -0.25) is 9.48 Å². The summed E-state index contributed by atoms with van der Waals surface area (Å²) in [7, 11) is 1.77. The Bertz CT molecular complexity index is 582. The number of nitrogens with zero attached hydrogens (tertiary/aromatic N) is 2. The molecule has 0 fully saturated rings. The highest BCUT2D eigenvalue weighted by Gasteiger charge is 2.04. The van der Waals surface area contributed by atoms with Gasteiger partial charge in [-0.25, -0.2) is 0 Å². The molecule has 3 nitrogen and oxygen atoms in total. The van der Waals surface area contributed by atoms with Crippen LogP contribution in [0.1, 0.15) is 16.1 Å². The molecule has 1 aromatic heterocycles. The molecule has 0 bridgehead atoms. The smallest absolute Gasteiger partial charge is 0.185 e. The molecule has 0 aliphatic heterocycles. The van der Waals surface area contributed by atoms with Crippen LogP contribution in [0.4, 0.5) is 0 Å². The quantitative estimate of drug-likeness (QED) is 0.636. The van der Waals surface area contributed by atoms with E-state index in [0.717, 1.165) is 4.47 Å². The van der Waals surface area contributed by atoms with Gasteiger partial charge in [0, 0.05) is 17.1 Å². The number of carbonyl (C=O) groups is 1. The standard InChI is InChI=1S/C13H10BrClN2O/c1-17-12(11(15)8-16-17)6-7-13(18)9-2-4-10(14)5-3-9/h2-8H,1H3/b7-6+. The first kappa shape index (κ1) is 13.1. The third-order valence-electron chi connectivity index (χ3n) is 2.46. The number of hydrogen-bond donors (Lipinski definition) is 0. The Labute approximate surface area is 118 Å². The number of ketones is 1. The SMILES string of the molecule is Cn1ncc(Cl)c1/C=C/C(=O)c1ccc(Br)cc1. The van der Waals surface area contributed by atoms with Gasteiger partial charge in [0.15, 0.2) is 5.78 Å². The number of allylic oxidation sites excluding steroid dienone is 1. The van der Waals surface area contributed by atoms with Crippen molar-refractivity contribution in [1.82, 2.24) is 9.78 Å². The summed E-state index contributed by atoms with van der Waals surface area (Å²) in [5, 5.41) is 4.52. The van der Waals surface area contributed by atoms with Crippen molar-refractivity contribution in [3.8, 4) is 0 Å². The van der Waals surface area contributed by atoms with E-state index in [-0.39, 0.29) is 5.78 Å². The molecule has 92 valence electrons. The second-order valence-corrected chi connectivity index (χ2v) is 5.03. The first-order chi connectivity index (χ1) is 8.58. The van der Waals surface area contributed by atoms with Gasteiger partial charge < -0.3 is 0 Å². The number of aromatic nitrogens is 2. The predicted molar refractivity (Wildman–Crippen MR) is 75.7 cm³/mol. The molecule has 2 aromatic rings. The highest BCUT2D eigenvalue weighted by molar-refractivity contribution is 9.10. The van der Waals surface area contributed by atoms with E-state index >= 15 is 0 Å². The molecule has 0 aliphatic rings. The summed E-state index contributed by atoms with van der Waals surface area (Å²) >= 11 is 9.27. The molecule has 0 atom stereocenters. The van der Waals surface area contributed by atoms with Crippen molar-refractivity contribution < 1.29 is 4.79 Å². The van der Waals surface area contributed by atoms with E-state index in [1.807, 2.05) is 12.1 Å². The van der Waals surface area contributed by atoms with Gasteiger partial charge in [0.25, 0.3) is 0 Å². The van der Waals surface area contributed by atoms with E-state index < -0.39 is 0 Å². The molecule has 0 aliphatic carbocycles. The first-order valence-electron chi connectivity index (χ1n) is 5.23. The van der Waals surface area contributed by atoms with Crippen LogP contribution >= 0.6 is 27.5 Å². The van der Waals surface area contributed by atoms with Gasteiger partial charge in [0.1, 0.15) is 0 Å². The lowest BCUT2D eigenvalue weighted by atomic mass is 10.1. The minimum atomic E-state index is -0.0697. The van der Waals surface area contributed by atoms with Crippen molar-refractivity contribution in [1.29, 1.82) is 0 Å². The van der Waals surface area contributed by atoms with E-state index in [2.05, 4.69) is 21.0 Å². The van der Waals surface area contributed by atoms with Gasteiger partial charge in [-0.1, -0.05) is 27.5 Å². The van der Waals surface area contributed by atoms with Gasteiger partial charge in [0.2, 0.25) is 0 Å². The molecule has 0 radical (unpaired) electrons. The van der Waals surface area contributed by atoms with Crippen LogP contribution in [0.5, 0.6) is 0 Å². The highest BCUT2D eigenvalue weighted by atomic mass is 79.9. The van der Waals surface area contributed by atoms with Gasteiger partial charge in [0.05, 0.1) is 16.9 Å². The molecule has 0 saturated carbocycles. The van der Waals surface area contributed by atoms with Crippen molar-refractivity contribution in [3.05, 3.63) is 57.3 Å². The summed E-state index contributed by atoms with van der Waals surface area (Å²) < 4.78 is 2.56. The molecule has 0 N–H and O–H groups in total. The first-order valence-corrected chi connectivity index (χ1v) is 6.40. The third kappa shape index (κ3) is 2.89. The summed E-state index contributed by atoms with van der Waals surface area (Å²) in [6, 6.07) is 7.19. The van der Waals surface area contributed by atoms with E-state index in [1.165, 1.54) is 6.08 Å². The van der Waals surface area contributed by atoms with Crippen LogP contribution in [0.2, 0.25) is 5.02 Å². The fourth-order valence-electron chi connectivity index (χ4n) is 1.47. The second kappa shape index (κ2) is 5.50. The van der Waals surface area contributed by atoms with Crippen molar-refractivity contribution >= 4 is 39.4 Å². The van der Waals surface area contributed by atoms with Crippen LogP contribution in [0.3, 0.4) is 0 Å². The van der Waals surface area contributed by atoms with Gasteiger partial charge in [-0.05, 0) is 36.4 Å². The zero-order valence-electron chi connectivity index (χ0n) is 9.60. The van der Waals surface area contributed by atoms with Crippen molar-refractivity contribution in [2.75, 3.05) is 0 Å². The number of hydrogen-bond acceptors (Lipinski definition) is 2. The average molecular weight is 326 g/mol. The molecule has 0 saturated heterocycles. The van der Waals surface area contributed by atoms with Crippen molar-refractivity contribution in [2.45, 2.75) is 0 Å². The summed E-state index contributed by atoms with van der Waals surface area (Å²) in [5.74, 6) is -0.0697. The maximum absolute atomic E-state index is 11.9. The monoisotopic (exact) mass is 324 g/mol. The zero-order chi connectivity index (χ0) is 13.1. The third-order valence-corrected chi connectivity index (χ3v) is 3.28. The zero-order valence-corrected chi connectivity index (χ0v) is 11.9. The Morgan fingerprint density at radius 2 is 2.06 bits per heavy atom. The molecular formula is C13H10BrClN2O. The summed E-state index contributed by atoms with van der Waals surface area (Å²) in [4.78, 5) is 11.9. The number of halogens is 2. The molecule has 18 heavy (non-hydrogen) atoms. The van der Waals surface area contributed by atoms with Crippen LogP contribution in [0.25, 0.3) is 6.08 Å². The van der Waals surface area contributed by atoms with E-state index in [1.54, 1.807) is 36.1 Å². The second-order valence-electron chi connectivity index (χ2n) is 3.71. The number of aryl methyl sites for hydroxylation is 1. The molecular weight excluding hydrogens is 316 g/mol. The van der Waals surface area contributed by atoms with Gasteiger partial charge in [-0.15, -0.1) is 0 Å². The maximum atomic E-state index is 11.9. The van der Waals surface area contributed by atoms with Crippen LogP contribution < -0.4 is 0 Å². The maximum Gasteiger partial charge on any atom is 0.185 e. The molecule has 1 aromatic carbocycles. The Kier molecular flexibility index (Phi) is 3.99.